The fourth-order valence-electron chi connectivity index (χ4n) is 3.51. The van der Waals surface area contributed by atoms with Crippen molar-refractivity contribution in [3.05, 3.63) is 72.3 Å². The van der Waals surface area contributed by atoms with Gasteiger partial charge in [0.05, 0.1) is 24.5 Å². The molecule has 0 spiro atoms. The molecule has 0 radical (unpaired) electrons. The van der Waals surface area contributed by atoms with Gasteiger partial charge in [-0.15, -0.1) is 10.2 Å². The van der Waals surface area contributed by atoms with Crippen molar-refractivity contribution in [2.75, 3.05) is 18.7 Å². The van der Waals surface area contributed by atoms with Crippen LogP contribution < -0.4 is 15.9 Å². The smallest absolute Gasteiger partial charge is 0.230 e. The Kier molecular flexibility index (Phi) is 6.08. The third-order valence-corrected chi connectivity index (χ3v) is 5.96. The maximum Gasteiger partial charge on any atom is 0.230 e. The number of methoxy groups -OCH3 is 1. The summed E-state index contributed by atoms with van der Waals surface area (Å²) in [7, 11) is 1.59. The van der Waals surface area contributed by atoms with Crippen LogP contribution in [-0.4, -0.2) is 33.6 Å². The van der Waals surface area contributed by atoms with Crippen molar-refractivity contribution in [1.82, 2.24) is 20.2 Å². The average Bonchev–Trinajstić information content (AvgIpc) is 3.17. The summed E-state index contributed by atoms with van der Waals surface area (Å²) in [5.41, 5.74) is 1.82. The number of nitrogen functional groups attached to an aromatic ring is 1. The number of nitrogens with two attached hydrogens (primary N) is 1. The number of nitrogens with zero attached hydrogens (tertiary/aromatic N) is 3. The number of hydrogen-bond acceptors (Lipinski definition) is 6. The number of carbonyl (C=O) groups is 1. The van der Waals surface area contributed by atoms with E-state index in [4.69, 9.17) is 10.6 Å². The van der Waals surface area contributed by atoms with E-state index in [1.54, 1.807) is 7.11 Å². The maximum atomic E-state index is 12.6. The predicted octanol–water partition coefficient (Wildman–Crippen LogP) is 3.79. The van der Waals surface area contributed by atoms with Gasteiger partial charge >= 0.3 is 0 Å². The van der Waals surface area contributed by atoms with Crippen molar-refractivity contribution in [2.45, 2.75) is 18.1 Å². The minimum absolute atomic E-state index is 0.104. The SMILES string of the molecule is COc1ccccc1-c1nnc(SCC(=O)NC(C)c2cccc3ccccc23)n1N. The van der Waals surface area contributed by atoms with Crippen LogP contribution >= 0.6 is 11.8 Å². The summed E-state index contributed by atoms with van der Waals surface area (Å²) in [4.78, 5) is 12.6. The van der Waals surface area contributed by atoms with Gasteiger partial charge in [0.1, 0.15) is 5.75 Å². The molecule has 0 aliphatic rings. The van der Waals surface area contributed by atoms with Gasteiger partial charge in [-0.2, -0.15) is 0 Å². The number of thioether (sulfide) groups is 1. The number of ether oxygens (including phenoxy) is 1. The summed E-state index contributed by atoms with van der Waals surface area (Å²) < 4.78 is 6.75. The van der Waals surface area contributed by atoms with E-state index >= 15 is 0 Å². The van der Waals surface area contributed by atoms with Crippen LogP contribution in [0, 0.1) is 0 Å². The monoisotopic (exact) mass is 433 g/mol. The topological polar surface area (TPSA) is 95.1 Å². The molecule has 1 heterocycles. The standard InChI is InChI=1S/C23H23N5O2S/c1-15(17-12-7-9-16-8-3-4-10-18(16)17)25-21(29)14-31-23-27-26-22(28(23)24)19-11-5-6-13-20(19)30-2/h3-13,15H,14,24H2,1-2H3,(H,25,29). The summed E-state index contributed by atoms with van der Waals surface area (Å²) in [6.07, 6.45) is 0. The molecule has 158 valence electrons. The summed E-state index contributed by atoms with van der Waals surface area (Å²) in [5.74, 6) is 7.38. The van der Waals surface area contributed by atoms with Crippen LogP contribution in [0.1, 0.15) is 18.5 Å². The molecule has 1 unspecified atom stereocenters. The third-order valence-electron chi connectivity index (χ3n) is 5.01. The summed E-state index contributed by atoms with van der Waals surface area (Å²) in [6.45, 7) is 1.98. The molecule has 0 bridgehead atoms. The second-order valence-corrected chi connectivity index (χ2v) is 7.97. The number of carbonyl (C=O) groups excluding carboxylic acids is 1. The lowest BCUT2D eigenvalue weighted by atomic mass is 10.00. The average molecular weight is 434 g/mol. The van der Waals surface area contributed by atoms with Gasteiger partial charge in [-0.1, -0.05) is 66.4 Å². The second-order valence-electron chi connectivity index (χ2n) is 7.02. The molecule has 0 fully saturated rings. The van der Waals surface area contributed by atoms with E-state index in [-0.39, 0.29) is 17.7 Å². The molecular formula is C23H23N5O2S. The molecule has 1 amide bonds. The zero-order valence-electron chi connectivity index (χ0n) is 17.3. The Morgan fingerprint density at radius 1 is 1.10 bits per heavy atom. The molecule has 4 aromatic rings. The Morgan fingerprint density at radius 2 is 1.84 bits per heavy atom. The fourth-order valence-corrected chi connectivity index (χ4v) is 4.18. The Morgan fingerprint density at radius 3 is 2.68 bits per heavy atom. The van der Waals surface area contributed by atoms with E-state index in [0.717, 1.165) is 21.9 Å². The van der Waals surface area contributed by atoms with E-state index in [9.17, 15) is 4.79 Å². The minimum Gasteiger partial charge on any atom is -0.496 e. The molecule has 31 heavy (non-hydrogen) atoms. The van der Waals surface area contributed by atoms with Gasteiger partial charge < -0.3 is 15.9 Å². The van der Waals surface area contributed by atoms with Gasteiger partial charge in [0, 0.05) is 0 Å². The van der Waals surface area contributed by atoms with Gasteiger partial charge in [0.2, 0.25) is 11.1 Å². The van der Waals surface area contributed by atoms with Crippen molar-refractivity contribution in [2.24, 2.45) is 0 Å². The van der Waals surface area contributed by atoms with Crippen molar-refractivity contribution >= 4 is 28.4 Å². The number of hydrogen-bond donors (Lipinski definition) is 2. The van der Waals surface area contributed by atoms with Crippen LogP contribution in [0.25, 0.3) is 22.2 Å². The molecular weight excluding hydrogens is 410 g/mol. The van der Waals surface area contributed by atoms with Gasteiger partial charge in [-0.05, 0) is 35.4 Å². The number of nitrogens with one attached hydrogen (secondary N) is 1. The number of rotatable bonds is 7. The maximum absolute atomic E-state index is 12.6. The zero-order chi connectivity index (χ0) is 21.8. The summed E-state index contributed by atoms with van der Waals surface area (Å²) >= 11 is 1.24. The highest BCUT2D eigenvalue weighted by Crippen LogP contribution is 2.29. The van der Waals surface area contributed by atoms with Crippen molar-refractivity contribution in [3.63, 3.8) is 0 Å². The second kappa shape index (κ2) is 9.09. The lowest BCUT2D eigenvalue weighted by Crippen LogP contribution is -2.28. The molecule has 8 heteroatoms. The van der Waals surface area contributed by atoms with Gasteiger partial charge in [-0.3, -0.25) is 4.79 Å². The van der Waals surface area contributed by atoms with E-state index in [1.165, 1.54) is 16.4 Å². The number of amides is 1. The Hall–Kier alpha value is -3.52. The first kappa shape index (κ1) is 20.7. The highest BCUT2D eigenvalue weighted by Gasteiger charge is 2.18. The third kappa shape index (κ3) is 4.34. The lowest BCUT2D eigenvalue weighted by molar-refractivity contribution is -0.119. The Balaban J connectivity index is 1.43. The van der Waals surface area contributed by atoms with Crippen molar-refractivity contribution < 1.29 is 9.53 Å². The van der Waals surface area contributed by atoms with Crippen LogP contribution in [-0.2, 0) is 4.79 Å². The lowest BCUT2D eigenvalue weighted by Gasteiger charge is -2.16. The minimum atomic E-state index is -0.126. The van der Waals surface area contributed by atoms with E-state index in [2.05, 4.69) is 33.7 Å². The zero-order valence-corrected chi connectivity index (χ0v) is 18.1. The molecule has 1 aromatic heterocycles. The van der Waals surface area contributed by atoms with Gasteiger partial charge in [-0.25, -0.2) is 4.68 Å². The number of para-hydroxylation sites is 1. The Labute approximate surface area is 184 Å². The van der Waals surface area contributed by atoms with Gasteiger partial charge in [0.25, 0.3) is 0 Å². The van der Waals surface area contributed by atoms with Crippen molar-refractivity contribution in [3.8, 4) is 17.1 Å². The predicted molar refractivity (Wildman–Crippen MR) is 123 cm³/mol. The molecule has 0 aliphatic heterocycles. The molecule has 7 nitrogen and oxygen atoms in total. The molecule has 0 saturated heterocycles. The fraction of sp³-hybridized carbons (Fsp3) is 0.174. The van der Waals surface area contributed by atoms with Crippen LogP contribution in [0.15, 0.2) is 71.9 Å². The first-order valence-corrected chi connectivity index (χ1v) is 10.8. The van der Waals surface area contributed by atoms with E-state index in [1.807, 2.05) is 55.5 Å². The highest BCUT2D eigenvalue weighted by atomic mass is 32.2. The van der Waals surface area contributed by atoms with Crippen LogP contribution in [0.3, 0.4) is 0 Å². The largest absolute Gasteiger partial charge is 0.496 e. The molecule has 4 rings (SSSR count). The number of aromatic nitrogens is 3. The van der Waals surface area contributed by atoms with Crippen LogP contribution in [0.4, 0.5) is 0 Å². The highest BCUT2D eigenvalue weighted by molar-refractivity contribution is 7.99. The molecule has 0 aliphatic carbocycles. The first-order valence-electron chi connectivity index (χ1n) is 9.82. The molecule has 1 atom stereocenters. The van der Waals surface area contributed by atoms with Crippen LogP contribution in [0.2, 0.25) is 0 Å². The first-order chi connectivity index (χ1) is 15.1. The normalized spacial score (nSPS) is 11.9. The van der Waals surface area contributed by atoms with Gasteiger partial charge in [0.15, 0.2) is 5.82 Å². The molecule has 3 aromatic carbocycles. The van der Waals surface area contributed by atoms with E-state index in [0.29, 0.717) is 16.7 Å². The number of fused-ring (bicyclic) bond motifs is 1. The molecule has 0 saturated carbocycles. The number of benzene rings is 3. The summed E-state index contributed by atoms with van der Waals surface area (Å²) in [6, 6.07) is 21.6. The summed E-state index contributed by atoms with van der Waals surface area (Å²) in [5, 5.41) is 14.1. The van der Waals surface area contributed by atoms with E-state index < -0.39 is 0 Å². The quantitative estimate of drug-likeness (QED) is 0.340. The Bertz CT molecular complexity index is 1220. The van der Waals surface area contributed by atoms with Crippen LogP contribution in [0.5, 0.6) is 5.75 Å². The van der Waals surface area contributed by atoms with Crippen molar-refractivity contribution in [1.29, 1.82) is 0 Å². The molecule has 3 N–H and O–H groups in total.